The number of nitro groups is 1. The molecular weight excluding hydrogens is 282 g/mol. The average molecular weight is 302 g/mol. The van der Waals surface area contributed by atoms with Gasteiger partial charge in [0.25, 0.3) is 5.69 Å². The second-order valence-corrected chi connectivity index (χ2v) is 4.77. The molecule has 0 fully saturated rings. The number of amides is 1. The number of nitro benzene ring substituents is 1. The molecule has 0 heterocycles. The first-order valence-corrected chi connectivity index (χ1v) is 6.11. The molecule has 20 heavy (non-hydrogen) atoms. The number of aryl methyl sites for hydroxylation is 1. The molecule has 3 N–H and O–H groups in total. The van der Waals surface area contributed by atoms with E-state index in [9.17, 15) is 14.9 Å². The minimum atomic E-state index is -0.421. The van der Waals surface area contributed by atoms with Crippen LogP contribution in [-0.4, -0.2) is 16.9 Å². The fourth-order valence-electron chi connectivity index (χ4n) is 1.77. The molecule has 0 saturated carbocycles. The van der Waals surface area contributed by atoms with Gasteiger partial charge in [-0.05, 0) is 26.3 Å². The topological polar surface area (TPSA) is 98.3 Å². The lowest BCUT2D eigenvalue weighted by molar-refractivity contribution is -0.385. The summed E-state index contributed by atoms with van der Waals surface area (Å²) in [6, 6.07) is 4.46. The van der Waals surface area contributed by atoms with E-state index in [2.05, 4.69) is 5.32 Å². The van der Waals surface area contributed by atoms with Gasteiger partial charge in [0.05, 0.1) is 11.0 Å². The molecule has 6 nitrogen and oxygen atoms in total. The molecule has 0 aliphatic rings. The number of rotatable bonds is 5. The summed E-state index contributed by atoms with van der Waals surface area (Å²) in [5, 5.41) is 13.6. The summed E-state index contributed by atoms with van der Waals surface area (Å²) in [5.74, 6) is -0.161. The Balaban J connectivity index is 0.00000361. The molecule has 7 heteroatoms. The zero-order chi connectivity index (χ0) is 14.6. The summed E-state index contributed by atoms with van der Waals surface area (Å²) < 4.78 is 0. The van der Waals surface area contributed by atoms with Gasteiger partial charge in [0, 0.05) is 24.1 Å². The molecule has 0 radical (unpaired) electrons. The lowest BCUT2D eigenvalue weighted by Gasteiger charge is -2.15. The molecule has 1 aromatic carbocycles. The molecule has 112 valence electrons. The van der Waals surface area contributed by atoms with E-state index in [1.165, 1.54) is 6.07 Å². The average Bonchev–Trinajstić information content (AvgIpc) is 2.27. The number of nitrogens with zero attached hydrogens (tertiary/aromatic N) is 1. The van der Waals surface area contributed by atoms with E-state index in [4.69, 9.17) is 5.73 Å². The van der Waals surface area contributed by atoms with E-state index in [0.29, 0.717) is 11.1 Å². The van der Waals surface area contributed by atoms with Crippen LogP contribution in [0.4, 0.5) is 5.69 Å². The van der Waals surface area contributed by atoms with Crippen molar-refractivity contribution in [3.8, 4) is 0 Å². The normalized spacial score (nSPS) is 13.0. The highest BCUT2D eigenvalue weighted by Crippen LogP contribution is 2.23. The van der Waals surface area contributed by atoms with Crippen LogP contribution in [0.15, 0.2) is 18.2 Å². The number of carbonyl (C=O) groups excluding carboxylic acids is 1. The van der Waals surface area contributed by atoms with Gasteiger partial charge in [-0.2, -0.15) is 0 Å². The first-order chi connectivity index (χ1) is 8.81. The standard InChI is InChI=1S/C13H19N3O3.ClH/c1-8-4-5-11(7-12(8)16(18)19)10(3)15-13(17)6-9(2)14;/h4-5,7,9-10H,6,14H2,1-3H3,(H,15,17);1H. The maximum absolute atomic E-state index is 11.6. The van der Waals surface area contributed by atoms with Gasteiger partial charge in [0.2, 0.25) is 5.91 Å². The monoisotopic (exact) mass is 301 g/mol. The van der Waals surface area contributed by atoms with Crippen molar-refractivity contribution in [3.63, 3.8) is 0 Å². The van der Waals surface area contributed by atoms with Crippen LogP contribution in [0.25, 0.3) is 0 Å². The van der Waals surface area contributed by atoms with Crippen LogP contribution >= 0.6 is 12.4 Å². The van der Waals surface area contributed by atoms with Crippen molar-refractivity contribution in [2.45, 2.75) is 39.3 Å². The lowest BCUT2D eigenvalue weighted by Crippen LogP contribution is -2.31. The van der Waals surface area contributed by atoms with Crippen molar-refractivity contribution in [1.82, 2.24) is 5.32 Å². The Labute approximate surface area is 124 Å². The Morgan fingerprint density at radius 2 is 2.05 bits per heavy atom. The minimum Gasteiger partial charge on any atom is -0.350 e. The van der Waals surface area contributed by atoms with Gasteiger partial charge in [-0.1, -0.05) is 12.1 Å². The summed E-state index contributed by atoms with van der Waals surface area (Å²) in [6.07, 6.45) is 0.234. The maximum Gasteiger partial charge on any atom is 0.272 e. The van der Waals surface area contributed by atoms with Gasteiger partial charge in [-0.25, -0.2) is 0 Å². The van der Waals surface area contributed by atoms with Crippen LogP contribution in [0.1, 0.15) is 37.4 Å². The highest BCUT2D eigenvalue weighted by molar-refractivity contribution is 5.85. The minimum absolute atomic E-state index is 0. The highest BCUT2D eigenvalue weighted by atomic mass is 35.5. The molecule has 0 aromatic heterocycles. The molecule has 0 saturated heterocycles. The molecule has 0 bridgehead atoms. The molecule has 1 rings (SSSR count). The summed E-state index contributed by atoms with van der Waals surface area (Å²) in [6.45, 7) is 5.22. The smallest absolute Gasteiger partial charge is 0.272 e. The zero-order valence-corrected chi connectivity index (χ0v) is 12.6. The van der Waals surface area contributed by atoms with Gasteiger partial charge in [-0.3, -0.25) is 14.9 Å². The number of carbonyl (C=O) groups is 1. The van der Waals surface area contributed by atoms with E-state index >= 15 is 0 Å². The van der Waals surface area contributed by atoms with Crippen molar-refractivity contribution in [3.05, 3.63) is 39.4 Å². The van der Waals surface area contributed by atoms with Crippen molar-refractivity contribution < 1.29 is 9.72 Å². The van der Waals surface area contributed by atoms with E-state index < -0.39 is 4.92 Å². The van der Waals surface area contributed by atoms with Crippen LogP contribution in [0.3, 0.4) is 0 Å². The second-order valence-electron chi connectivity index (χ2n) is 4.77. The van der Waals surface area contributed by atoms with Crippen molar-refractivity contribution >= 4 is 24.0 Å². The second kappa shape index (κ2) is 7.81. The van der Waals surface area contributed by atoms with Crippen molar-refractivity contribution in [2.24, 2.45) is 5.73 Å². The zero-order valence-electron chi connectivity index (χ0n) is 11.8. The third kappa shape index (κ3) is 5.14. The third-order valence-corrected chi connectivity index (χ3v) is 2.81. The Hall–Kier alpha value is -1.66. The van der Waals surface area contributed by atoms with Crippen LogP contribution in [-0.2, 0) is 4.79 Å². The van der Waals surface area contributed by atoms with Crippen molar-refractivity contribution in [2.75, 3.05) is 0 Å². The fraction of sp³-hybridized carbons (Fsp3) is 0.462. The Bertz CT molecular complexity index is 492. The van der Waals surface area contributed by atoms with E-state index in [0.717, 1.165) is 0 Å². The Morgan fingerprint density at radius 1 is 1.45 bits per heavy atom. The summed E-state index contributed by atoms with van der Waals surface area (Å²) >= 11 is 0. The molecule has 2 atom stereocenters. The molecule has 0 spiro atoms. The predicted molar refractivity (Wildman–Crippen MR) is 79.9 cm³/mol. The van der Waals surface area contributed by atoms with Gasteiger partial charge in [-0.15, -0.1) is 12.4 Å². The number of nitrogens with two attached hydrogens (primary N) is 1. The fourth-order valence-corrected chi connectivity index (χ4v) is 1.77. The van der Waals surface area contributed by atoms with Crippen molar-refractivity contribution in [1.29, 1.82) is 0 Å². The third-order valence-electron chi connectivity index (χ3n) is 2.81. The maximum atomic E-state index is 11.6. The molecular formula is C13H20ClN3O3. The Kier molecular flexibility index (Phi) is 7.17. The summed E-state index contributed by atoms with van der Waals surface area (Å²) in [4.78, 5) is 22.0. The molecule has 1 aromatic rings. The quantitative estimate of drug-likeness (QED) is 0.643. The summed E-state index contributed by atoms with van der Waals surface area (Å²) in [5.41, 5.74) is 6.91. The van der Waals surface area contributed by atoms with E-state index in [-0.39, 0.29) is 42.5 Å². The SMILES string of the molecule is Cc1ccc(C(C)NC(=O)CC(C)N)cc1[N+](=O)[O-].Cl. The van der Waals surface area contributed by atoms with Crippen LogP contribution in [0.2, 0.25) is 0 Å². The molecule has 0 aliphatic heterocycles. The van der Waals surface area contributed by atoms with Gasteiger partial charge in [0.1, 0.15) is 0 Å². The van der Waals surface area contributed by atoms with Crippen LogP contribution in [0, 0.1) is 17.0 Å². The number of benzene rings is 1. The van der Waals surface area contributed by atoms with E-state index in [1.54, 1.807) is 32.9 Å². The van der Waals surface area contributed by atoms with Crippen LogP contribution < -0.4 is 11.1 Å². The van der Waals surface area contributed by atoms with E-state index in [1.807, 2.05) is 0 Å². The van der Waals surface area contributed by atoms with Gasteiger partial charge in [0.15, 0.2) is 0 Å². The molecule has 0 aliphatic carbocycles. The predicted octanol–water partition coefficient (Wildman–Crippen LogP) is 2.24. The highest BCUT2D eigenvalue weighted by Gasteiger charge is 2.16. The number of nitrogens with one attached hydrogen (secondary N) is 1. The first-order valence-electron chi connectivity index (χ1n) is 6.11. The molecule has 1 amide bonds. The number of hydrogen-bond acceptors (Lipinski definition) is 4. The summed E-state index contributed by atoms with van der Waals surface area (Å²) in [7, 11) is 0. The van der Waals surface area contributed by atoms with Gasteiger partial charge < -0.3 is 11.1 Å². The Morgan fingerprint density at radius 3 is 2.55 bits per heavy atom. The van der Waals surface area contributed by atoms with Crippen LogP contribution in [0.5, 0.6) is 0 Å². The lowest BCUT2D eigenvalue weighted by atomic mass is 10.0. The first kappa shape index (κ1) is 18.3. The largest absolute Gasteiger partial charge is 0.350 e. The molecule has 2 unspecified atom stereocenters. The number of halogens is 1. The number of hydrogen-bond donors (Lipinski definition) is 2. The van der Waals surface area contributed by atoms with Gasteiger partial charge >= 0.3 is 0 Å².